The van der Waals surface area contributed by atoms with Crippen LogP contribution in [0.25, 0.3) is 49.4 Å². The smallest absolute Gasteiger partial charge is 0.0540 e. The van der Waals surface area contributed by atoms with Crippen LogP contribution in [0.5, 0.6) is 0 Å². The Morgan fingerprint density at radius 3 is 2.19 bits per heavy atom. The Balaban J connectivity index is 1.61. The average Bonchev–Trinajstić information content (AvgIpc) is 3.53. The Morgan fingerprint density at radius 1 is 0.516 bits per heavy atom. The van der Waals surface area contributed by atoms with Crippen LogP contribution in [0.15, 0.2) is 91.1 Å². The molecule has 0 spiro atoms. The second-order valence-corrected chi connectivity index (χ2v) is 8.94. The van der Waals surface area contributed by atoms with E-state index in [1.165, 1.54) is 71.7 Å². The highest BCUT2D eigenvalue weighted by Gasteiger charge is 2.26. The lowest BCUT2D eigenvalue weighted by atomic mass is 9.92. The molecular weight excluding hydrogens is 374 g/mol. The van der Waals surface area contributed by atoms with Crippen LogP contribution in [0, 0.1) is 0 Å². The molecule has 2 aliphatic rings. The molecule has 2 heterocycles. The summed E-state index contributed by atoms with van der Waals surface area (Å²) < 4.78 is 2.40. The third-order valence-corrected chi connectivity index (χ3v) is 7.46. The molecule has 144 valence electrons. The summed E-state index contributed by atoms with van der Waals surface area (Å²) >= 11 is 0. The number of hydrogen-bond donors (Lipinski definition) is 0. The largest absolute Gasteiger partial charge is 0.316 e. The van der Waals surface area contributed by atoms with Gasteiger partial charge < -0.3 is 4.40 Å². The Kier molecular flexibility index (Phi) is 2.80. The van der Waals surface area contributed by atoms with Crippen molar-refractivity contribution < 1.29 is 0 Å². The van der Waals surface area contributed by atoms with Crippen LogP contribution in [0.4, 0.5) is 0 Å². The molecule has 0 N–H and O–H groups in total. The van der Waals surface area contributed by atoms with Gasteiger partial charge in [-0.1, -0.05) is 66.7 Å². The van der Waals surface area contributed by atoms with Gasteiger partial charge >= 0.3 is 0 Å². The number of aromatic nitrogens is 1. The van der Waals surface area contributed by atoms with Crippen molar-refractivity contribution in [2.75, 3.05) is 0 Å². The summed E-state index contributed by atoms with van der Waals surface area (Å²) in [7, 11) is 0. The van der Waals surface area contributed by atoms with E-state index in [-0.39, 0.29) is 0 Å². The van der Waals surface area contributed by atoms with Crippen molar-refractivity contribution in [1.82, 2.24) is 4.40 Å². The van der Waals surface area contributed by atoms with Crippen LogP contribution >= 0.6 is 0 Å². The van der Waals surface area contributed by atoms with Gasteiger partial charge in [-0.25, -0.2) is 0 Å². The van der Waals surface area contributed by atoms with E-state index in [1.807, 2.05) is 0 Å². The van der Waals surface area contributed by atoms with Gasteiger partial charge in [-0.05, 0) is 80.9 Å². The van der Waals surface area contributed by atoms with E-state index in [9.17, 15) is 0 Å². The molecule has 8 rings (SSSR count). The lowest BCUT2D eigenvalue weighted by molar-refractivity contribution is 1.25. The Bertz CT molecular complexity index is 1730. The standard InChI is InChI=1S/C30H19N/c1-3-8-21-19(7-1)17-25-23(21)12-13-24-29(25)26-10-5-15-31(26)27-14-11-20-16-18-6-2-4-9-22(18)28(20)30(24)27/h1-15H,16-17H2. The predicted molar refractivity (Wildman–Crippen MR) is 129 cm³/mol. The van der Waals surface area contributed by atoms with Gasteiger partial charge in [-0.3, -0.25) is 0 Å². The Labute approximate surface area is 180 Å². The highest BCUT2D eigenvalue weighted by atomic mass is 14.9. The van der Waals surface area contributed by atoms with Crippen LogP contribution in [0.1, 0.15) is 22.3 Å². The van der Waals surface area contributed by atoms with Crippen LogP contribution < -0.4 is 0 Å². The van der Waals surface area contributed by atoms with Crippen molar-refractivity contribution in [3.8, 4) is 22.3 Å². The number of nitrogens with zero attached hydrogens (tertiary/aromatic N) is 1. The summed E-state index contributed by atoms with van der Waals surface area (Å²) in [6.45, 7) is 0. The molecule has 0 bridgehead atoms. The SMILES string of the molecule is c1ccc2c(c1)Cc1c-2ccc2c1c1cccn1c1ccc3c(c21)-c1ccccc1C3. The van der Waals surface area contributed by atoms with Crippen molar-refractivity contribution in [3.63, 3.8) is 0 Å². The van der Waals surface area contributed by atoms with Gasteiger partial charge in [0.1, 0.15) is 0 Å². The summed E-state index contributed by atoms with van der Waals surface area (Å²) in [5, 5.41) is 4.21. The number of fused-ring (bicyclic) bond motifs is 14. The minimum Gasteiger partial charge on any atom is -0.316 e. The maximum absolute atomic E-state index is 2.40. The summed E-state index contributed by atoms with van der Waals surface area (Å²) in [6.07, 6.45) is 4.27. The number of benzene rings is 4. The van der Waals surface area contributed by atoms with Crippen LogP contribution in [-0.4, -0.2) is 4.40 Å². The zero-order chi connectivity index (χ0) is 20.1. The first-order chi connectivity index (χ1) is 15.4. The number of hydrogen-bond acceptors (Lipinski definition) is 0. The molecule has 6 aromatic rings. The van der Waals surface area contributed by atoms with E-state index in [0.29, 0.717) is 0 Å². The van der Waals surface area contributed by atoms with Gasteiger partial charge in [0.25, 0.3) is 0 Å². The van der Waals surface area contributed by atoms with Gasteiger partial charge in [0, 0.05) is 17.0 Å². The van der Waals surface area contributed by atoms with Gasteiger partial charge in [0.05, 0.1) is 11.0 Å². The normalized spacial score (nSPS) is 13.5. The average molecular weight is 393 g/mol. The van der Waals surface area contributed by atoms with Crippen LogP contribution in [0.2, 0.25) is 0 Å². The first-order valence-corrected chi connectivity index (χ1v) is 11.1. The van der Waals surface area contributed by atoms with Gasteiger partial charge in [0.2, 0.25) is 0 Å². The molecule has 0 fully saturated rings. The van der Waals surface area contributed by atoms with Crippen molar-refractivity contribution in [2.45, 2.75) is 12.8 Å². The molecule has 2 aliphatic carbocycles. The predicted octanol–water partition coefficient (Wildman–Crippen LogP) is 7.39. The first-order valence-electron chi connectivity index (χ1n) is 11.1. The fourth-order valence-corrected chi connectivity index (χ4v) is 6.19. The number of pyridine rings is 1. The van der Waals surface area contributed by atoms with Crippen LogP contribution in [-0.2, 0) is 12.8 Å². The zero-order valence-electron chi connectivity index (χ0n) is 17.0. The van der Waals surface area contributed by atoms with Gasteiger partial charge in [-0.2, -0.15) is 0 Å². The molecule has 0 saturated heterocycles. The molecule has 4 aromatic carbocycles. The summed E-state index contributed by atoms with van der Waals surface area (Å²) in [4.78, 5) is 0. The van der Waals surface area contributed by atoms with Gasteiger partial charge in [0.15, 0.2) is 0 Å². The van der Waals surface area contributed by atoms with Crippen molar-refractivity contribution in [1.29, 1.82) is 0 Å². The van der Waals surface area contributed by atoms with Crippen molar-refractivity contribution >= 4 is 27.2 Å². The molecule has 0 aliphatic heterocycles. The molecule has 1 heteroatoms. The zero-order valence-corrected chi connectivity index (χ0v) is 17.0. The van der Waals surface area contributed by atoms with E-state index < -0.39 is 0 Å². The molecule has 0 amide bonds. The lowest BCUT2D eigenvalue weighted by Gasteiger charge is -2.16. The highest BCUT2D eigenvalue weighted by Crippen LogP contribution is 2.48. The fourth-order valence-electron chi connectivity index (χ4n) is 6.19. The highest BCUT2D eigenvalue weighted by molar-refractivity contribution is 6.21. The van der Waals surface area contributed by atoms with E-state index in [4.69, 9.17) is 0 Å². The minimum atomic E-state index is 1.01. The molecule has 0 unspecified atom stereocenters. The Morgan fingerprint density at radius 2 is 1.29 bits per heavy atom. The summed E-state index contributed by atoms with van der Waals surface area (Å²) in [5.74, 6) is 0. The molecule has 1 nitrogen and oxygen atoms in total. The topological polar surface area (TPSA) is 4.41 Å². The third-order valence-electron chi connectivity index (χ3n) is 7.46. The maximum Gasteiger partial charge on any atom is 0.0540 e. The van der Waals surface area contributed by atoms with E-state index in [2.05, 4.69) is 95.5 Å². The number of rotatable bonds is 0. The van der Waals surface area contributed by atoms with Crippen LogP contribution in [0.3, 0.4) is 0 Å². The van der Waals surface area contributed by atoms with Gasteiger partial charge in [-0.15, -0.1) is 0 Å². The first kappa shape index (κ1) is 15.9. The lowest BCUT2D eigenvalue weighted by Crippen LogP contribution is -1.95. The molecule has 0 atom stereocenters. The second-order valence-electron chi connectivity index (χ2n) is 8.94. The van der Waals surface area contributed by atoms with E-state index in [0.717, 1.165) is 12.8 Å². The summed E-state index contributed by atoms with van der Waals surface area (Å²) in [5.41, 5.74) is 14.1. The third kappa shape index (κ3) is 1.88. The monoisotopic (exact) mass is 393 g/mol. The van der Waals surface area contributed by atoms with E-state index >= 15 is 0 Å². The molecule has 0 radical (unpaired) electrons. The maximum atomic E-state index is 2.40. The molecule has 31 heavy (non-hydrogen) atoms. The minimum absolute atomic E-state index is 1.01. The van der Waals surface area contributed by atoms with E-state index in [1.54, 1.807) is 0 Å². The molecule has 0 saturated carbocycles. The second kappa shape index (κ2) is 5.44. The fraction of sp³-hybridized carbons (Fsp3) is 0.0667. The molecular formula is C30H19N. The Hall–Kier alpha value is -3.84. The molecule has 2 aromatic heterocycles. The quantitative estimate of drug-likeness (QED) is 0.237. The summed E-state index contributed by atoms with van der Waals surface area (Å²) in [6, 6.07) is 31.7. The van der Waals surface area contributed by atoms with Crippen molar-refractivity contribution in [2.24, 2.45) is 0 Å². The van der Waals surface area contributed by atoms with Crippen molar-refractivity contribution in [3.05, 3.63) is 113 Å².